The molecule has 0 unspecified atom stereocenters. The van der Waals surface area contributed by atoms with Crippen molar-refractivity contribution in [2.75, 3.05) is 24.3 Å². The van der Waals surface area contributed by atoms with Crippen LogP contribution in [0.2, 0.25) is 5.02 Å². The maximum atomic E-state index is 12.6. The van der Waals surface area contributed by atoms with E-state index in [2.05, 4.69) is 27.8 Å². The highest BCUT2D eigenvalue weighted by Gasteiger charge is 2.11. The van der Waals surface area contributed by atoms with Crippen LogP contribution in [-0.4, -0.2) is 24.5 Å². The zero-order valence-corrected chi connectivity index (χ0v) is 16.4. The van der Waals surface area contributed by atoms with Crippen molar-refractivity contribution >= 4 is 28.9 Å². The summed E-state index contributed by atoms with van der Waals surface area (Å²) in [6.45, 7) is 0.795. The summed E-state index contributed by atoms with van der Waals surface area (Å²) < 4.78 is 5.26. The monoisotopic (exact) mass is 395 g/mol. The Labute approximate surface area is 169 Å². The minimum absolute atomic E-state index is 0.277. The quantitative estimate of drug-likeness (QED) is 0.524. The molecule has 0 saturated heterocycles. The number of aromatic nitrogens is 1. The number of halogens is 1. The number of nitrogens with zero attached hydrogens (tertiary/aromatic N) is 1. The van der Waals surface area contributed by atoms with Crippen LogP contribution in [0.1, 0.15) is 22.3 Å². The first-order valence-electron chi connectivity index (χ1n) is 9.03. The summed E-state index contributed by atoms with van der Waals surface area (Å²) in [5.74, 6) is 0.266. The molecule has 2 N–H and O–H groups in total. The number of hydrogen-bond acceptors (Lipinski definition) is 4. The standard InChI is InChI=1S/C22H22ClN3O2/c1-28-21-10-9-18(23)13-20(21)26-22(27)17-12-19(15-24-14-17)25-11-5-8-16-6-3-2-4-7-16/h2-4,6-7,9-10,12-15,25H,5,8,11H2,1H3,(H,26,27). The molecule has 0 fully saturated rings. The van der Waals surface area contributed by atoms with Gasteiger partial charge in [-0.05, 0) is 42.7 Å². The van der Waals surface area contributed by atoms with Crippen molar-refractivity contribution in [3.8, 4) is 5.75 Å². The van der Waals surface area contributed by atoms with Gasteiger partial charge in [0.2, 0.25) is 0 Å². The zero-order valence-electron chi connectivity index (χ0n) is 15.6. The fourth-order valence-electron chi connectivity index (χ4n) is 2.80. The lowest BCUT2D eigenvalue weighted by molar-refractivity contribution is 0.102. The number of carbonyl (C=O) groups excluding carboxylic acids is 1. The van der Waals surface area contributed by atoms with E-state index < -0.39 is 0 Å². The second kappa shape index (κ2) is 9.76. The molecular formula is C22H22ClN3O2. The van der Waals surface area contributed by atoms with Crippen molar-refractivity contribution in [2.45, 2.75) is 12.8 Å². The van der Waals surface area contributed by atoms with Gasteiger partial charge in [0, 0.05) is 24.0 Å². The Morgan fingerprint density at radius 1 is 1.11 bits per heavy atom. The molecule has 0 radical (unpaired) electrons. The van der Waals surface area contributed by atoms with E-state index in [0.29, 0.717) is 22.0 Å². The molecule has 5 nitrogen and oxygen atoms in total. The lowest BCUT2D eigenvalue weighted by Crippen LogP contribution is -2.13. The third kappa shape index (κ3) is 5.47. The van der Waals surface area contributed by atoms with Crippen LogP contribution in [0, 0.1) is 0 Å². The molecule has 0 aliphatic heterocycles. The Kier molecular flexibility index (Phi) is 6.87. The lowest BCUT2D eigenvalue weighted by Gasteiger charge is -2.11. The molecule has 1 heterocycles. The van der Waals surface area contributed by atoms with Gasteiger partial charge in [-0.15, -0.1) is 0 Å². The molecule has 0 aliphatic rings. The number of amides is 1. The van der Waals surface area contributed by atoms with Gasteiger partial charge in [0.15, 0.2) is 0 Å². The fraction of sp³-hybridized carbons (Fsp3) is 0.182. The first-order valence-corrected chi connectivity index (χ1v) is 9.41. The van der Waals surface area contributed by atoms with Gasteiger partial charge >= 0.3 is 0 Å². The molecule has 6 heteroatoms. The van der Waals surface area contributed by atoms with Gasteiger partial charge in [0.05, 0.1) is 24.0 Å². The van der Waals surface area contributed by atoms with Crippen LogP contribution in [0.3, 0.4) is 0 Å². The van der Waals surface area contributed by atoms with Crippen LogP contribution < -0.4 is 15.4 Å². The van der Waals surface area contributed by atoms with Gasteiger partial charge in [-0.25, -0.2) is 0 Å². The minimum Gasteiger partial charge on any atom is -0.495 e. The van der Waals surface area contributed by atoms with E-state index in [9.17, 15) is 4.79 Å². The number of nitrogens with one attached hydrogen (secondary N) is 2. The highest BCUT2D eigenvalue weighted by Crippen LogP contribution is 2.28. The van der Waals surface area contributed by atoms with Crippen LogP contribution >= 0.6 is 11.6 Å². The highest BCUT2D eigenvalue weighted by molar-refractivity contribution is 6.31. The molecule has 144 valence electrons. The summed E-state index contributed by atoms with van der Waals surface area (Å²) in [6, 6.07) is 17.2. The average molecular weight is 396 g/mol. The Balaban J connectivity index is 1.58. The van der Waals surface area contributed by atoms with Gasteiger partial charge in [-0.3, -0.25) is 9.78 Å². The molecule has 3 aromatic rings. The number of rotatable bonds is 8. The molecule has 0 atom stereocenters. The normalized spacial score (nSPS) is 10.4. The first kappa shape index (κ1) is 19.7. The van der Waals surface area contributed by atoms with Gasteiger partial charge in [-0.1, -0.05) is 41.9 Å². The molecular weight excluding hydrogens is 374 g/mol. The van der Waals surface area contributed by atoms with E-state index in [-0.39, 0.29) is 5.91 Å². The van der Waals surface area contributed by atoms with Gasteiger partial charge < -0.3 is 15.4 Å². The fourth-order valence-corrected chi connectivity index (χ4v) is 2.98. The topological polar surface area (TPSA) is 63.2 Å². The SMILES string of the molecule is COc1ccc(Cl)cc1NC(=O)c1cncc(NCCCc2ccccc2)c1. The van der Waals surface area contributed by atoms with E-state index in [1.54, 1.807) is 37.6 Å². The number of methoxy groups -OCH3 is 1. The first-order chi connectivity index (χ1) is 13.7. The second-order valence-corrected chi connectivity index (χ2v) is 6.71. The van der Waals surface area contributed by atoms with E-state index >= 15 is 0 Å². The van der Waals surface area contributed by atoms with Crippen molar-refractivity contribution in [1.82, 2.24) is 4.98 Å². The Morgan fingerprint density at radius 3 is 2.71 bits per heavy atom. The molecule has 2 aromatic carbocycles. The van der Waals surface area contributed by atoms with E-state index in [1.165, 1.54) is 11.8 Å². The van der Waals surface area contributed by atoms with Gasteiger partial charge in [0.1, 0.15) is 5.75 Å². The lowest BCUT2D eigenvalue weighted by atomic mass is 10.1. The zero-order chi connectivity index (χ0) is 19.8. The molecule has 3 rings (SSSR count). The summed E-state index contributed by atoms with van der Waals surface area (Å²) >= 11 is 6.01. The second-order valence-electron chi connectivity index (χ2n) is 6.28. The van der Waals surface area contributed by atoms with Crippen LogP contribution in [0.4, 0.5) is 11.4 Å². The predicted octanol–water partition coefficient (Wildman–Crippen LogP) is 5.04. The van der Waals surface area contributed by atoms with Crippen LogP contribution in [0.15, 0.2) is 67.0 Å². The number of anilines is 2. The number of aryl methyl sites for hydroxylation is 1. The Hall–Kier alpha value is -3.05. The maximum Gasteiger partial charge on any atom is 0.257 e. The maximum absolute atomic E-state index is 12.6. The largest absolute Gasteiger partial charge is 0.495 e. The van der Waals surface area contributed by atoms with Crippen molar-refractivity contribution in [1.29, 1.82) is 0 Å². The van der Waals surface area contributed by atoms with Crippen molar-refractivity contribution in [3.05, 3.63) is 83.1 Å². The molecule has 0 spiro atoms. The van der Waals surface area contributed by atoms with Gasteiger partial charge in [-0.2, -0.15) is 0 Å². The minimum atomic E-state index is -0.277. The number of pyridine rings is 1. The number of ether oxygens (including phenoxy) is 1. The number of benzene rings is 2. The summed E-state index contributed by atoms with van der Waals surface area (Å²) in [5.41, 5.74) is 3.08. The van der Waals surface area contributed by atoms with E-state index in [0.717, 1.165) is 25.1 Å². The van der Waals surface area contributed by atoms with E-state index in [1.807, 2.05) is 18.2 Å². The highest BCUT2D eigenvalue weighted by atomic mass is 35.5. The Morgan fingerprint density at radius 2 is 1.93 bits per heavy atom. The summed E-state index contributed by atoms with van der Waals surface area (Å²) in [7, 11) is 1.54. The molecule has 0 aliphatic carbocycles. The molecule has 1 aromatic heterocycles. The van der Waals surface area contributed by atoms with Crippen molar-refractivity contribution in [2.24, 2.45) is 0 Å². The summed E-state index contributed by atoms with van der Waals surface area (Å²) in [5, 5.41) is 6.65. The predicted molar refractivity (Wildman–Crippen MR) is 113 cm³/mol. The molecule has 0 saturated carbocycles. The van der Waals surface area contributed by atoms with Crippen molar-refractivity contribution in [3.63, 3.8) is 0 Å². The van der Waals surface area contributed by atoms with E-state index in [4.69, 9.17) is 16.3 Å². The number of carbonyl (C=O) groups is 1. The molecule has 0 bridgehead atoms. The smallest absolute Gasteiger partial charge is 0.257 e. The Bertz CT molecular complexity index is 932. The summed E-state index contributed by atoms with van der Waals surface area (Å²) in [4.78, 5) is 16.7. The van der Waals surface area contributed by atoms with Crippen molar-refractivity contribution < 1.29 is 9.53 Å². The van der Waals surface area contributed by atoms with Crippen LogP contribution in [-0.2, 0) is 6.42 Å². The van der Waals surface area contributed by atoms with Gasteiger partial charge in [0.25, 0.3) is 5.91 Å². The average Bonchev–Trinajstić information content (AvgIpc) is 2.72. The third-order valence-electron chi connectivity index (χ3n) is 4.22. The molecule has 28 heavy (non-hydrogen) atoms. The molecule has 1 amide bonds. The van der Waals surface area contributed by atoms with Crippen LogP contribution in [0.25, 0.3) is 0 Å². The summed E-state index contributed by atoms with van der Waals surface area (Å²) in [6.07, 6.45) is 5.22. The van der Waals surface area contributed by atoms with Crippen LogP contribution in [0.5, 0.6) is 5.75 Å². The third-order valence-corrected chi connectivity index (χ3v) is 4.46. The number of hydrogen-bond donors (Lipinski definition) is 2.